The van der Waals surface area contributed by atoms with Crippen molar-refractivity contribution in [2.24, 2.45) is 0 Å². The van der Waals surface area contributed by atoms with Crippen molar-refractivity contribution in [1.29, 1.82) is 0 Å². The van der Waals surface area contributed by atoms with Crippen LogP contribution >= 0.6 is 0 Å². The molecule has 0 amide bonds. The Balaban J connectivity index is 2.09. The Morgan fingerprint density at radius 1 is 1.17 bits per heavy atom. The third-order valence-electron chi connectivity index (χ3n) is 2.82. The fourth-order valence-electron chi connectivity index (χ4n) is 1.75. The van der Waals surface area contributed by atoms with Crippen LogP contribution in [0.2, 0.25) is 0 Å². The summed E-state index contributed by atoms with van der Waals surface area (Å²) >= 11 is 0. The van der Waals surface area contributed by atoms with Gasteiger partial charge in [0.2, 0.25) is 0 Å². The van der Waals surface area contributed by atoms with E-state index in [0.717, 1.165) is 19.4 Å². The van der Waals surface area contributed by atoms with E-state index in [9.17, 15) is 0 Å². The zero-order valence-electron chi connectivity index (χ0n) is 12.2. The normalized spacial score (nSPS) is 13.6. The molecule has 1 N–H and O–H groups in total. The molecule has 0 radical (unpaired) electrons. The van der Waals surface area contributed by atoms with E-state index in [2.05, 4.69) is 57.3 Å². The summed E-state index contributed by atoms with van der Waals surface area (Å²) < 4.78 is 5.83. The van der Waals surface area contributed by atoms with E-state index in [-0.39, 0.29) is 5.54 Å². The van der Waals surface area contributed by atoms with Crippen molar-refractivity contribution < 1.29 is 4.74 Å². The van der Waals surface area contributed by atoms with Crippen LogP contribution in [0, 0.1) is 0 Å². The van der Waals surface area contributed by atoms with E-state index in [1.54, 1.807) is 0 Å². The highest BCUT2D eigenvalue weighted by Gasteiger charge is 2.08. The molecule has 0 saturated heterocycles. The van der Waals surface area contributed by atoms with E-state index >= 15 is 0 Å². The van der Waals surface area contributed by atoms with Crippen molar-refractivity contribution in [3.8, 4) is 0 Å². The van der Waals surface area contributed by atoms with Crippen LogP contribution in [0.3, 0.4) is 0 Å². The molecule has 0 saturated carbocycles. The molecule has 0 aliphatic heterocycles. The molecule has 0 spiro atoms. The SMILES string of the molecule is CC(CCCNC(C)(C)C)OCc1ccccc1. The molecule has 1 unspecified atom stereocenters. The van der Waals surface area contributed by atoms with Crippen molar-refractivity contribution in [3.05, 3.63) is 35.9 Å². The lowest BCUT2D eigenvalue weighted by Gasteiger charge is -2.21. The van der Waals surface area contributed by atoms with Gasteiger partial charge in [-0.3, -0.25) is 0 Å². The summed E-state index contributed by atoms with van der Waals surface area (Å²) in [6, 6.07) is 10.3. The Bertz CT molecular complexity index is 316. The topological polar surface area (TPSA) is 21.3 Å². The van der Waals surface area contributed by atoms with Gasteiger partial charge in [-0.2, -0.15) is 0 Å². The van der Waals surface area contributed by atoms with E-state index in [0.29, 0.717) is 12.7 Å². The second-order valence-corrected chi connectivity index (χ2v) is 5.93. The number of hydrogen-bond acceptors (Lipinski definition) is 2. The summed E-state index contributed by atoms with van der Waals surface area (Å²) in [6.07, 6.45) is 2.59. The van der Waals surface area contributed by atoms with E-state index in [4.69, 9.17) is 4.74 Å². The van der Waals surface area contributed by atoms with Gasteiger partial charge in [0, 0.05) is 5.54 Å². The van der Waals surface area contributed by atoms with Crippen molar-refractivity contribution in [2.75, 3.05) is 6.54 Å². The van der Waals surface area contributed by atoms with E-state index in [1.165, 1.54) is 5.56 Å². The standard InChI is InChI=1S/C16H27NO/c1-14(9-8-12-17-16(2,3)4)18-13-15-10-6-5-7-11-15/h5-7,10-11,14,17H,8-9,12-13H2,1-4H3. The van der Waals surface area contributed by atoms with Crippen LogP contribution in [0.15, 0.2) is 30.3 Å². The first kappa shape index (κ1) is 15.2. The summed E-state index contributed by atoms with van der Waals surface area (Å²) in [6.45, 7) is 10.5. The number of benzene rings is 1. The molecule has 1 aromatic rings. The van der Waals surface area contributed by atoms with Crippen molar-refractivity contribution in [3.63, 3.8) is 0 Å². The quantitative estimate of drug-likeness (QED) is 0.743. The molecule has 0 aromatic heterocycles. The van der Waals surface area contributed by atoms with Gasteiger partial charge < -0.3 is 10.1 Å². The van der Waals surface area contributed by atoms with Gasteiger partial charge in [0.15, 0.2) is 0 Å². The Hall–Kier alpha value is -0.860. The van der Waals surface area contributed by atoms with Crippen LogP contribution < -0.4 is 5.32 Å². The van der Waals surface area contributed by atoms with Crippen LogP contribution in [-0.4, -0.2) is 18.2 Å². The Morgan fingerprint density at radius 2 is 1.83 bits per heavy atom. The van der Waals surface area contributed by atoms with E-state index < -0.39 is 0 Å². The van der Waals surface area contributed by atoms with Gasteiger partial charge in [-0.25, -0.2) is 0 Å². The molecule has 1 atom stereocenters. The minimum Gasteiger partial charge on any atom is -0.374 e. The highest BCUT2D eigenvalue weighted by atomic mass is 16.5. The summed E-state index contributed by atoms with van der Waals surface area (Å²) in [4.78, 5) is 0. The van der Waals surface area contributed by atoms with Crippen LogP contribution in [0.25, 0.3) is 0 Å². The lowest BCUT2D eigenvalue weighted by atomic mass is 10.1. The summed E-state index contributed by atoms with van der Waals surface area (Å²) in [5, 5.41) is 3.50. The predicted molar refractivity (Wildman–Crippen MR) is 77.7 cm³/mol. The lowest BCUT2D eigenvalue weighted by molar-refractivity contribution is 0.0461. The zero-order valence-corrected chi connectivity index (χ0v) is 12.2. The summed E-state index contributed by atoms with van der Waals surface area (Å²) in [5.41, 5.74) is 1.46. The van der Waals surface area contributed by atoms with Crippen molar-refractivity contribution in [1.82, 2.24) is 5.32 Å². The first-order valence-electron chi connectivity index (χ1n) is 6.88. The number of hydrogen-bond donors (Lipinski definition) is 1. The van der Waals surface area contributed by atoms with Crippen molar-refractivity contribution >= 4 is 0 Å². The Kier molecular flexibility index (Phi) is 6.37. The number of ether oxygens (including phenoxy) is 1. The smallest absolute Gasteiger partial charge is 0.0720 e. The molecule has 2 heteroatoms. The van der Waals surface area contributed by atoms with Gasteiger partial charge in [0.05, 0.1) is 12.7 Å². The first-order chi connectivity index (χ1) is 8.47. The van der Waals surface area contributed by atoms with Gasteiger partial charge in [-0.05, 0) is 52.6 Å². The third kappa shape index (κ3) is 7.46. The lowest BCUT2D eigenvalue weighted by Crippen LogP contribution is -2.36. The molecule has 1 aromatic carbocycles. The molecular weight excluding hydrogens is 222 g/mol. The minimum atomic E-state index is 0.216. The van der Waals surface area contributed by atoms with Crippen LogP contribution in [0.4, 0.5) is 0 Å². The second-order valence-electron chi connectivity index (χ2n) is 5.93. The molecule has 0 aliphatic carbocycles. The maximum atomic E-state index is 5.83. The second kappa shape index (κ2) is 7.55. The van der Waals surface area contributed by atoms with Gasteiger partial charge >= 0.3 is 0 Å². The molecule has 102 valence electrons. The van der Waals surface area contributed by atoms with Crippen LogP contribution in [0.5, 0.6) is 0 Å². The largest absolute Gasteiger partial charge is 0.374 e. The Morgan fingerprint density at radius 3 is 2.44 bits per heavy atom. The van der Waals surface area contributed by atoms with Crippen LogP contribution in [0.1, 0.15) is 46.1 Å². The highest BCUT2D eigenvalue weighted by Crippen LogP contribution is 2.07. The fourth-order valence-corrected chi connectivity index (χ4v) is 1.75. The van der Waals surface area contributed by atoms with Gasteiger partial charge in [0.25, 0.3) is 0 Å². The summed E-state index contributed by atoms with van der Waals surface area (Å²) in [7, 11) is 0. The molecular formula is C16H27NO. The molecule has 1 rings (SSSR count). The zero-order chi connectivity index (χ0) is 13.4. The fraction of sp³-hybridized carbons (Fsp3) is 0.625. The van der Waals surface area contributed by atoms with Crippen molar-refractivity contribution in [2.45, 2.75) is 58.8 Å². The minimum absolute atomic E-state index is 0.216. The first-order valence-corrected chi connectivity index (χ1v) is 6.88. The highest BCUT2D eigenvalue weighted by molar-refractivity contribution is 5.13. The van der Waals surface area contributed by atoms with Gasteiger partial charge in [-0.15, -0.1) is 0 Å². The predicted octanol–water partition coefficient (Wildman–Crippen LogP) is 3.76. The number of rotatable bonds is 7. The monoisotopic (exact) mass is 249 g/mol. The maximum Gasteiger partial charge on any atom is 0.0720 e. The maximum absolute atomic E-state index is 5.83. The number of nitrogens with one attached hydrogen (secondary N) is 1. The average Bonchev–Trinajstić information content (AvgIpc) is 2.32. The molecule has 0 fully saturated rings. The van der Waals surface area contributed by atoms with Gasteiger partial charge in [0.1, 0.15) is 0 Å². The summed E-state index contributed by atoms with van der Waals surface area (Å²) in [5.74, 6) is 0. The van der Waals surface area contributed by atoms with Crippen LogP contribution in [-0.2, 0) is 11.3 Å². The van der Waals surface area contributed by atoms with Gasteiger partial charge in [-0.1, -0.05) is 30.3 Å². The Labute approximate surface area is 112 Å². The van der Waals surface area contributed by atoms with E-state index in [1.807, 2.05) is 6.07 Å². The molecule has 0 aliphatic rings. The average molecular weight is 249 g/mol. The third-order valence-corrected chi connectivity index (χ3v) is 2.82. The molecule has 0 bridgehead atoms. The molecule has 2 nitrogen and oxygen atoms in total. The molecule has 0 heterocycles. The molecule has 18 heavy (non-hydrogen) atoms.